The summed E-state index contributed by atoms with van der Waals surface area (Å²) in [5.41, 5.74) is 1.78. The van der Waals surface area contributed by atoms with E-state index in [0.29, 0.717) is 11.3 Å². The molecule has 0 aliphatic rings. The number of pyridine rings is 1. The Morgan fingerprint density at radius 3 is 2.60 bits per heavy atom. The Morgan fingerprint density at radius 1 is 1.25 bits per heavy atom. The van der Waals surface area contributed by atoms with Crippen LogP contribution in [0, 0.1) is 5.82 Å². The molecule has 0 spiro atoms. The predicted octanol–water partition coefficient (Wildman–Crippen LogP) is 3.12. The lowest BCUT2D eigenvalue weighted by atomic mass is 9.99. The number of methoxy groups -OCH3 is 1. The molecule has 0 bridgehead atoms. The van der Waals surface area contributed by atoms with Crippen LogP contribution in [0.2, 0.25) is 0 Å². The Bertz CT molecular complexity index is 545. The molecule has 106 valence electrons. The van der Waals surface area contributed by atoms with Gasteiger partial charge >= 0.3 is 0 Å². The average molecular weight is 274 g/mol. The fraction of sp³-hybridized carbons (Fsp3) is 0.312. The van der Waals surface area contributed by atoms with Gasteiger partial charge in [0.1, 0.15) is 11.6 Å². The smallest absolute Gasteiger partial charge is 0.131 e. The number of hydrogen-bond acceptors (Lipinski definition) is 3. The van der Waals surface area contributed by atoms with Crippen LogP contribution in [0.3, 0.4) is 0 Å². The molecular formula is C16H19FN2O. The van der Waals surface area contributed by atoms with Crippen LogP contribution in [0.5, 0.6) is 5.75 Å². The van der Waals surface area contributed by atoms with E-state index >= 15 is 0 Å². The molecule has 0 fully saturated rings. The maximum atomic E-state index is 14.2. The number of rotatable bonds is 6. The molecule has 0 aliphatic carbocycles. The van der Waals surface area contributed by atoms with Crippen LogP contribution in [0.1, 0.15) is 24.1 Å². The summed E-state index contributed by atoms with van der Waals surface area (Å²) in [4.78, 5) is 4.00. The molecule has 1 atom stereocenters. The highest BCUT2D eigenvalue weighted by atomic mass is 19.1. The van der Waals surface area contributed by atoms with E-state index in [2.05, 4.69) is 10.3 Å². The third kappa shape index (κ3) is 3.54. The molecule has 1 unspecified atom stereocenters. The normalized spacial score (nSPS) is 12.2. The topological polar surface area (TPSA) is 34.2 Å². The van der Waals surface area contributed by atoms with Crippen molar-refractivity contribution in [3.8, 4) is 5.75 Å². The quantitative estimate of drug-likeness (QED) is 0.878. The highest BCUT2D eigenvalue weighted by Gasteiger charge is 2.16. The van der Waals surface area contributed by atoms with Crippen LogP contribution >= 0.6 is 0 Å². The second kappa shape index (κ2) is 7.01. The first-order valence-electron chi connectivity index (χ1n) is 6.70. The van der Waals surface area contributed by atoms with Gasteiger partial charge in [-0.3, -0.25) is 4.98 Å². The van der Waals surface area contributed by atoms with Gasteiger partial charge in [-0.2, -0.15) is 0 Å². The van der Waals surface area contributed by atoms with Gasteiger partial charge in [0.15, 0.2) is 0 Å². The van der Waals surface area contributed by atoms with Crippen molar-refractivity contribution in [1.82, 2.24) is 10.3 Å². The Kier molecular flexibility index (Phi) is 5.07. The summed E-state index contributed by atoms with van der Waals surface area (Å²) in [5.74, 6) is 0.287. The Labute approximate surface area is 118 Å². The summed E-state index contributed by atoms with van der Waals surface area (Å²) in [6.45, 7) is 2.79. The minimum Gasteiger partial charge on any atom is -0.497 e. The molecule has 2 rings (SSSR count). The van der Waals surface area contributed by atoms with Crippen LogP contribution in [-0.4, -0.2) is 18.6 Å². The average Bonchev–Trinajstić information content (AvgIpc) is 2.48. The minimum absolute atomic E-state index is 0.0618. The lowest BCUT2D eigenvalue weighted by molar-refractivity contribution is 0.409. The molecule has 1 aromatic carbocycles. The summed E-state index contributed by atoms with van der Waals surface area (Å²) in [6.07, 6.45) is 4.23. The maximum Gasteiger partial charge on any atom is 0.131 e. The van der Waals surface area contributed by atoms with Gasteiger partial charge in [0, 0.05) is 30.1 Å². The van der Waals surface area contributed by atoms with Gasteiger partial charge in [0.25, 0.3) is 0 Å². The number of nitrogens with zero attached hydrogens (tertiary/aromatic N) is 1. The van der Waals surface area contributed by atoms with Crippen LogP contribution < -0.4 is 10.1 Å². The lowest BCUT2D eigenvalue weighted by Gasteiger charge is -2.19. The maximum absolute atomic E-state index is 14.2. The predicted molar refractivity (Wildman–Crippen MR) is 77.3 cm³/mol. The molecule has 2 aromatic rings. The first kappa shape index (κ1) is 14.5. The van der Waals surface area contributed by atoms with Gasteiger partial charge in [0.05, 0.1) is 7.11 Å². The molecule has 0 aliphatic heterocycles. The largest absolute Gasteiger partial charge is 0.497 e. The van der Waals surface area contributed by atoms with Crippen LogP contribution in [0.15, 0.2) is 42.7 Å². The molecule has 4 heteroatoms. The molecular weight excluding hydrogens is 255 g/mol. The summed E-state index contributed by atoms with van der Waals surface area (Å²) < 4.78 is 19.2. The number of hydrogen-bond donors (Lipinski definition) is 1. The molecule has 0 saturated carbocycles. The fourth-order valence-corrected chi connectivity index (χ4v) is 2.21. The summed E-state index contributed by atoms with van der Waals surface area (Å²) in [5, 5.41) is 3.32. The van der Waals surface area contributed by atoms with Gasteiger partial charge in [-0.25, -0.2) is 4.39 Å². The van der Waals surface area contributed by atoms with Crippen LogP contribution in [0.25, 0.3) is 0 Å². The van der Waals surface area contributed by atoms with E-state index in [1.807, 2.05) is 19.1 Å². The summed E-state index contributed by atoms with van der Waals surface area (Å²) >= 11 is 0. The van der Waals surface area contributed by atoms with E-state index in [1.165, 1.54) is 13.2 Å². The third-order valence-electron chi connectivity index (χ3n) is 3.22. The molecule has 0 amide bonds. The highest BCUT2D eigenvalue weighted by Crippen LogP contribution is 2.24. The van der Waals surface area contributed by atoms with Crippen molar-refractivity contribution in [2.75, 3.05) is 13.7 Å². The van der Waals surface area contributed by atoms with E-state index in [9.17, 15) is 4.39 Å². The van der Waals surface area contributed by atoms with Gasteiger partial charge in [-0.1, -0.05) is 13.0 Å². The van der Waals surface area contributed by atoms with E-state index < -0.39 is 0 Å². The second-order valence-corrected chi connectivity index (χ2v) is 4.56. The first-order chi connectivity index (χ1) is 9.74. The number of ether oxygens (including phenoxy) is 1. The van der Waals surface area contributed by atoms with Crippen molar-refractivity contribution in [3.05, 3.63) is 59.7 Å². The fourth-order valence-electron chi connectivity index (χ4n) is 2.21. The summed E-state index contributed by atoms with van der Waals surface area (Å²) in [6, 6.07) is 8.83. The van der Waals surface area contributed by atoms with Crippen molar-refractivity contribution < 1.29 is 9.13 Å². The van der Waals surface area contributed by atoms with E-state index in [1.54, 1.807) is 24.5 Å². The van der Waals surface area contributed by atoms with Crippen molar-refractivity contribution in [3.63, 3.8) is 0 Å². The Morgan fingerprint density at radius 2 is 2.00 bits per heavy atom. The number of benzene rings is 1. The molecule has 1 aromatic heterocycles. The number of halogens is 1. The Hall–Kier alpha value is -1.94. The number of likely N-dealkylation sites (N-methyl/N-ethyl adjacent to an activating group) is 1. The van der Waals surface area contributed by atoms with E-state index in [0.717, 1.165) is 18.5 Å². The van der Waals surface area contributed by atoms with Crippen LogP contribution in [-0.2, 0) is 6.42 Å². The van der Waals surface area contributed by atoms with Crippen molar-refractivity contribution in [2.24, 2.45) is 0 Å². The second-order valence-electron chi connectivity index (χ2n) is 4.56. The molecule has 1 N–H and O–H groups in total. The highest BCUT2D eigenvalue weighted by molar-refractivity contribution is 5.32. The molecule has 3 nitrogen and oxygen atoms in total. The van der Waals surface area contributed by atoms with Gasteiger partial charge < -0.3 is 10.1 Å². The first-order valence-corrected chi connectivity index (χ1v) is 6.70. The van der Waals surface area contributed by atoms with Gasteiger partial charge in [-0.15, -0.1) is 0 Å². The van der Waals surface area contributed by atoms with Gasteiger partial charge in [0.2, 0.25) is 0 Å². The SMILES string of the molecule is CCNC(Cc1ccncc1)c1ccc(OC)cc1F. The monoisotopic (exact) mass is 274 g/mol. The van der Waals surface area contributed by atoms with E-state index in [4.69, 9.17) is 4.74 Å². The number of aromatic nitrogens is 1. The van der Waals surface area contributed by atoms with Crippen LogP contribution in [0.4, 0.5) is 4.39 Å². The van der Waals surface area contributed by atoms with E-state index in [-0.39, 0.29) is 11.9 Å². The zero-order valence-corrected chi connectivity index (χ0v) is 11.8. The summed E-state index contributed by atoms with van der Waals surface area (Å²) in [7, 11) is 1.53. The Balaban J connectivity index is 2.24. The zero-order chi connectivity index (χ0) is 14.4. The van der Waals surface area contributed by atoms with Crippen molar-refractivity contribution in [1.29, 1.82) is 0 Å². The molecule has 20 heavy (non-hydrogen) atoms. The molecule has 0 radical (unpaired) electrons. The molecule has 0 saturated heterocycles. The van der Waals surface area contributed by atoms with Crippen molar-refractivity contribution >= 4 is 0 Å². The minimum atomic E-state index is -0.246. The van der Waals surface area contributed by atoms with Crippen molar-refractivity contribution in [2.45, 2.75) is 19.4 Å². The van der Waals surface area contributed by atoms with Gasteiger partial charge in [-0.05, 0) is 36.7 Å². The standard InChI is InChI=1S/C16H19FN2O/c1-3-19-16(10-12-6-8-18-9-7-12)14-5-4-13(20-2)11-15(14)17/h4-9,11,16,19H,3,10H2,1-2H3. The zero-order valence-electron chi connectivity index (χ0n) is 11.8. The lowest BCUT2D eigenvalue weighted by Crippen LogP contribution is -2.24. The molecule has 1 heterocycles. The third-order valence-corrected chi connectivity index (χ3v) is 3.22. The number of nitrogens with one attached hydrogen (secondary N) is 1.